The van der Waals surface area contributed by atoms with Crippen molar-refractivity contribution in [2.45, 2.75) is 0 Å². The van der Waals surface area contributed by atoms with Gasteiger partial charge in [-0.3, -0.25) is 4.79 Å². The Morgan fingerprint density at radius 2 is 2.12 bits per heavy atom. The van der Waals surface area contributed by atoms with Crippen LogP contribution in [0.15, 0.2) is 17.2 Å². The van der Waals surface area contributed by atoms with E-state index in [0.29, 0.717) is 16.3 Å². The Hall–Kier alpha value is -1.46. The summed E-state index contributed by atoms with van der Waals surface area (Å²) in [5, 5.41) is 0.674. The zero-order valence-corrected chi connectivity index (χ0v) is 9.71. The Labute approximate surface area is 100 Å². The standard InChI is InChI=1S/C9H7Cl2N3O2/c1-16-8-5(11)2-4(10)6-7(8)13-3-14(12)9(6)15/h2-3H,12H2,1H3. The van der Waals surface area contributed by atoms with Crippen molar-refractivity contribution in [3.63, 3.8) is 0 Å². The van der Waals surface area contributed by atoms with E-state index in [0.717, 1.165) is 4.68 Å². The normalized spacial score (nSPS) is 10.7. The highest BCUT2D eigenvalue weighted by molar-refractivity contribution is 6.39. The van der Waals surface area contributed by atoms with Gasteiger partial charge in [0.15, 0.2) is 5.75 Å². The van der Waals surface area contributed by atoms with Gasteiger partial charge in [-0.1, -0.05) is 23.2 Å². The lowest BCUT2D eigenvalue weighted by Crippen LogP contribution is -2.27. The maximum Gasteiger partial charge on any atom is 0.281 e. The number of benzene rings is 1. The molecule has 0 saturated carbocycles. The molecule has 1 heterocycles. The predicted molar refractivity (Wildman–Crippen MR) is 62.7 cm³/mol. The molecule has 0 aliphatic heterocycles. The van der Waals surface area contributed by atoms with E-state index < -0.39 is 5.56 Å². The van der Waals surface area contributed by atoms with Crippen LogP contribution in [0.3, 0.4) is 0 Å². The summed E-state index contributed by atoms with van der Waals surface area (Å²) in [6, 6.07) is 1.42. The molecule has 0 saturated heterocycles. The number of halogens is 2. The predicted octanol–water partition coefficient (Wildman–Crippen LogP) is 1.43. The van der Waals surface area contributed by atoms with Gasteiger partial charge in [-0.05, 0) is 6.07 Å². The Kier molecular flexibility index (Phi) is 2.65. The summed E-state index contributed by atoms with van der Waals surface area (Å²) in [4.78, 5) is 15.7. The lowest BCUT2D eigenvalue weighted by molar-refractivity contribution is 0.419. The summed E-state index contributed by atoms with van der Waals surface area (Å²) in [7, 11) is 1.43. The first-order chi connectivity index (χ1) is 7.56. The number of methoxy groups -OCH3 is 1. The average Bonchev–Trinajstić information content (AvgIpc) is 2.23. The number of aromatic nitrogens is 2. The quantitative estimate of drug-likeness (QED) is 0.787. The zero-order chi connectivity index (χ0) is 11.9. The SMILES string of the molecule is COc1c(Cl)cc(Cl)c2c(=O)n(N)cnc12. The molecule has 0 amide bonds. The third-order valence-electron chi connectivity index (χ3n) is 2.12. The Morgan fingerprint density at radius 1 is 1.44 bits per heavy atom. The minimum Gasteiger partial charge on any atom is -0.493 e. The molecule has 0 unspecified atom stereocenters. The van der Waals surface area contributed by atoms with Crippen LogP contribution < -0.4 is 16.1 Å². The molecule has 84 valence electrons. The molecular formula is C9H7Cl2N3O2. The van der Waals surface area contributed by atoms with Crippen molar-refractivity contribution >= 4 is 34.1 Å². The van der Waals surface area contributed by atoms with Crippen LogP contribution in [0, 0.1) is 0 Å². The van der Waals surface area contributed by atoms with Gasteiger partial charge in [0.2, 0.25) is 0 Å². The molecule has 0 radical (unpaired) electrons. The fourth-order valence-corrected chi connectivity index (χ4v) is 2.02. The van der Waals surface area contributed by atoms with E-state index in [-0.39, 0.29) is 10.4 Å². The number of nitrogens with two attached hydrogens (primary N) is 1. The zero-order valence-electron chi connectivity index (χ0n) is 8.20. The first kappa shape index (κ1) is 11.0. The van der Waals surface area contributed by atoms with E-state index >= 15 is 0 Å². The van der Waals surface area contributed by atoms with Crippen molar-refractivity contribution < 1.29 is 4.74 Å². The van der Waals surface area contributed by atoms with Crippen LogP contribution in [0.25, 0.3) is 10.9 Å². The Morgan fingerprint density at radius 3 is 2.75 bits per heavy atom. The van der Waals surface area contributed by atoms with Crippen molar-refractivity contribution in [1.29, 1.82) is 0 Å². The van der Waals surface area contributed by atoms with Crippen molar-refractivity contribution in [2.24, 2.45) is 0 Å². The highest BCUT2D eigenvalue weighted by atomic mass is 35.5. The minimum absolute atomic E-state index is 0.188. The fourth-order valence-electron chi connectivity index (χ4n) is 1.41. The number of nitrogens with zero attached hydrogens (tertiary/aromatic N) is 2. The number of fused-ring (bicyclic) bond motifs is 1. The number of hydrogen-bond acceptors (Lipinski definition) is 4. The van der Waals surface area contributed by atoms with Gasteiger partial charge in [0.05, 0.1) is 22.5 Å². The second kappa shape index (κ2) is 3.84. The van der Waals surface area contributed by atoms with Crippen molar-refractivity contribution in [3.8, 4) is 5.75 Å². The molecule has 0 bridgehead atoms. The lowest BCUT2D eigenvalue weighted by Gasteiger charge is -2.08. The van der Waals surface area contributed by atoms with E-state index in [1.807, 2.05) is 0 Å². The first-order valence-corrected chi connectivity index (χ1v) is 5.00. The molecule has 0 aliphatic rings. The van der Waals surface area contributed by atoms with Crippen LogP contribution in [-0.2, 0) is 0 Å². The smallest absolute Gasteiger partial charge is 0.281 e. The summed E-state index contributed by atoms with van der Waals surface area (Å²) >= 11 is 11.8. The van der Waals surface area contributed by atoms with Crippen LogP contribution in [0.2, 0.25) is 10.0 Å². The highest BCUT2D eigenvalue weighted by Gasteiger charge is 2.15. The van der Waals surface area contributed by atoms with Crippen LogP contribution >= 0.6 is 23.2 Å². The Balaban J connectivity index is 3.05. The molecule has 2 N–H and O–H groups in total. The van der Waals surface area contributed by atoms with Gasteiger partial charge in [-0.25, -0.2) is 9.66 Å². The van der Waals surface area contributed by atoms with Crippen molar-refractivity contribution in [3.05, 3.63) is 32.8 Å². The summed E-state index contributed by atoms with van der Waals surface area (Å²) in [5.74, 6) is 5.70. The number of ether oxygens (including phenoxy) is 1. The molecule has 0 atom stereocenters. The van der Waals surface area contributed by atoms with Gasteiger partial charge in [-0.2, -0.15) is 0 Å². The molecule has 16 heavy (non-hydrogen) atoms. The molecule has 0 aliphatic carbocycles. The molecule has 0 spiro atoms. The third-order valence-corrected chi connectivity index (χ3v) is 2.70. The molecule has 2 aromatic rings. The van der Waals surface area contributed by atoms with Crippen molar-refractivity contribution in [2.75, 3.05) is 13.0 Å². The molecule has 0 fully saturated rings. The summed E-state index contributed by atoms with van der Waals surface area (Å²) in [6.45, 7) is 0. The van der Waals surface area contributed by atoms with Crippen molar-refractivity contribution in [1.82, 2.24) is 9.66 Å². The van der Waals surface area contributed by atoms with E-state index in [1.54, 1.807) is 0 Å². The summed E-state index contributed by atoms with van der Waals surface area (Å²) in [5.41, 5.74) is -0.156. The molecule has 5 nitrogen and oxygen atoms in total. The summed E-state index contributed by atoms with van der Waals surface area (Å²) < 4.78 is 5.91. The van der Waals surface area contributed by atoms with Gasteiger partial charge >= 0.3 is 0 Å². The monoisotopic (exact) mass is 259 g/mol. The number of rotatable bonds is 1. The van der Waals surface area contributed by atoms with Gasteiger partial charge in [0, 0.05) is 0 Å². The number of hydrogen-bond donors (Lipinski definition) is 1. The van der Waals surface area contributed by atoms with Gasteiger partial charge in [0.1, 0.15) is 11.8 Å². The van der Waals surface area contributed by atoms with Crippen LogP contribution in [0.1, 0.15) is 0 Å². The summed E-state index contributed by atoms with van der Waals surface area (Å²) in [6.07, 6.45) is 1.18. The van der Waals surface area contributed by atoms with Crippen LogP contribution in [-0.4, -0.2) is 16.8 Å². The van der Waals surface area contributed by atoms with E-state index in [2.05, 4.69) is 4.98 Å². The van der Waals surface area contributed by atoms with Crippen LogP contribution in [0.5, 0.6) is 5.75 Å². The molecule has 1 aromatic carbocycles. The maximum absolute atomic E-state index is 11.7. The molecule has 7 heteroatoms. The lowest BCUT2D eigenvalue weighted by atomic mass is 10.2. The minimum atomic E-state index is -0.454. The largest absolute Gasteiger partial charge is 0.493 e. The second-order valence-corrected chi connectivity index (χ2v) is 3.87. The molecule has 1 aromatic heterocycles. The molecule has 2 rings (SSSR count). The topological polar surface area (TPSA) is 70.1 Å². The van der Waals surface area contributed by atoms with E-state index in [9.17, 15) is 4.79 Å². The number of nitrogen functional groups attached to an aromatic ring is 1. The third kappa shape index (κ3) is 1.48. The average molecular weight is 260 g/mol. The first-order valence-electron chi connectivity index (χ1n) is 4.24. The van der Waals surface area contributed by atoms with Gasteiger partial charge in [-0.15, -0.1) is 0 Å². The van der Waals surface area contributed by atoms with Gasteiger partial charge in [0.25, 0.3) is 5.56 Å². The van der Waals surface area contributed by atoms with Gasteiger partial charge < -0.3 is 10.6 Å². The Bertz CT molecular complexity index is 624. The highest BCUT2D eigenvalue weighted by Crippen LogP contribution is 2.34. The fraction of sp³-hybridized carbons (Fsp3) is 0.111. The van der Waals surface area contributed by atoms with E-state index in [4.69, 9.17) is 33.8 Å². The van der Waals surface area contributed by atoms with Crippen LogP contribution in [0.4, 0.5) is 0 Å². The second-order valence-electron chi connectivity index (χ2n) is 3.05. The molecular weight excluding hydrogens is 253 g/mol. The van der Waals surface area contributed by atoms with E-state index in [1.165, 1.54) is 19.5 Å². The maximum atomic E-state index is 11.7.